The molecule has 3 rings (SSSR count). The van der Waals surface area contributed by atoms with Crippen molar-refractivity contribution in [3.05, 3.63) is 59.7 Å². The zero-order valence-corrected chi connectivity index (χ0v) is 15.9. The minimum atomic E-state index is -0.315. The highest BCUT2D eigenvalue weighted by atomic mass is 16.5. The Morgan fingerprint density at radius 1 is 1.14 bits per heavy atom. The fourth-order valence-corrected chi connectivity index (χ4v) is 2.63. The molecule has 0 aromatic heterocycles. The Labute approximate surface area is 164 Å². The lowest BCUT2D eigenvalue weighted by Gasteiger charge is -2.30. The molecule has 1 saturated heterocycles. The highest BCUT2D eigenvalue weighted by Crippen LogP contribution is 2.28. The average Bonchev–Trinajstić information content (AvgIpc) is 2.71. The Bertz CT molecular complexity index is 813. The van der Waals surface area contributed by atoms with E-state index >= 15 is 0 Å². The van der Waals surface area contributed by atoms with Crippen molar-refractivity contribution in [2.45, 2.75) is 32.7 Å². The lowest BCUT2D eigenvalue weighted by Crippen LogP contribution is -2.67. The molecule has 2 amide bonds. The number of hydrogen-bond donors (Lipinski definition) is 4. The summed E-state index contributed by atoms with van der Waals surface area (Å²) in [6.45, 7) is 4.85. The van der Waals surface area contributed by atoms with Gasteiger partial charge in [0, 0.05) is 0 Å². The van der Waals surface area contributed by atoms with E-state index in [0.29, 0.717) is 24.7 Å². The molecule has 1 aliphatic rings. The van der Waals surface area contributed by atoms with Gasteiger partial charge in [-0.25, -0.2) is 10.2 Å². The van der Waals surface area contributed by atoms with E-state index < -0.39 is 0 Å². The van der Waals surface area contributed by atoms with Crippen molar-refractivity contribution in [2.75, 3.05) is 6.61 Å². The molecule has 8 heteroatoms. The van der Waals surface area contributed by atoms with Crippen LogP contribution in [0.5, 0.6) is 11.5 Å². The average molecular weight is 383 g/mol. The van der Waals surface area contributed by atoms with Gasteiger partial charge in [0.1, 0.15) is 12.8 Å². The summed E-state index contributed by atoms with van der Waals surface area (Å²) < 4.78 is 11.6. The van der Waals surface area contributed by atoms with E-state index in [4.69, 9.17) is 9.47 Å². The Kier molecular flexibility index (Phi) is 6.69. The Balaban J connectivity index is 1.63. The van der Waals surface area contributed by atoms with Crippen LogP contribution in [-0.4, -0.2) is 31.1 Å². The molecular weight excluding hydrogens is 358 g/mol. The first-order chi connectivity index (χ1) is 13.7. The van der Waals surface area contributed by atoms with Gasteiger partial charge in [0.15, 0.2) is 11.5 Å². The number of hydrazine groups is 1. The number of carbonyl (C=O) groups excluding carboxylic acids is 1. The fourth-order valence-electron chi connectivity index (χ4n) is 2.63. The molecule has 0 saturated carbocycles. The molecule has 148 valence electrons. The first-order valence-corrected chi connectivity index (χ1v) is 9.20. The van der Waals surface area contributed by atoms with Crippen LogP contribution in [0.2, 0.25) is 0 Å². The molecule has 1 aliphatic heterocycles. The molecule has 2 unspecified atom stereocenters. The largest absolute Gasteiger partial charge is 0.490 e. The third kappa shape index (κ3) is 5.37. The monoisotopic (exact) mass is 383 g/mol. The first kappa shape index (κ1) is 19.5. The standard InChI is InChI=1S/C20H25N5O3/c1-3-27-18-11-16(12-21-24-19-14(2)23-25-20(26)22-19)9-10-17(18)28-13-15-7-5-4-6-8-15/h4-12,14,19,23-24H,3,13H2,1-2H3,(H2,22,25,26)/b21-12+. The number of carbonyl (C=O) groups is 1. The molecule has 0 aliphatic carbocycles. The van der Waals surface area contributed by atoms with Gasteiger partial charge in [0.25, 0.3) is 0 Å². The van der Waals surface area contributed by atoms with Gasteiger partial charge in [-0.3, -0.25) is 10.9 Å². The number of ether oxygens (including phenoxy) is 2. The number of hydrogen-bond acceptors (Lipinski definition) is 6. The maximum Gasteiger partial charge on any atom is 0.330 e. The van der Waals surface area contributed by atoms with Gasteiger partial charge in [-0.05, 0) is 43.2 Å². The van der Waals surface area contributed by atoms with E-state index in [2.05, 4.69) is 26.7 Å². The predicted octanol–water partition coefficient (Wildman–Crippen LogP) is 2.12. The molecule has 0 spiro atoms. The van der Waals surface area contributed by atoms with Crippen molar-refractivity contribution in [1.29, 1.82) is 0 Å². The van der Waals surface area contributed by atoms with Gasteiger partial charge < -0.3 is 14.8 Å². The summed E-state index contributed by atoms with van der Waals surface area (Å²) in [5, 5.41) is 6.96. The molecule has 8 nitrogen and oxygen atoms in total. The van der Waals surface area contributed by atoms with Crippen LogP contribution in [-0.2, 0) is 6.61 Å². The van der Waals surface area contributed by atoms with Crippen LogP contribution in [0.25, 0.3) is 0 Å². The van der Waals surface area contributed by atoms with E-state index in [-0.39, 0.29) is 18.2 Å². The summed E-state index contributed by atoms with van der Waals surface area (Å²) in [6.07, 6.45) is 1.36. The topological polar surface area (TPSA) is 96.0 Å². The summed E-state index contributed by atoms with van der Waals surface area (Å²) in [5.74, 6) is 1.34. The number of amides is 2. The quantitative estimate of drug-likeness (QED) is 0.414. The van der Waals surface area contributed by atoms with Crippen LogP contribution < -0.4 is 31.1 Å². The second-order valence-electron chi connectivity index (χ2n) is 6.31. The summed E-state index contributed by atoms with van der Waals surface area (Å²) in [6, 6.07) is 15.3. The van der Waals surface area contributed by atoms with Crippen LogP contribution in [0.1, 0.15) is 25.0 Å². The number of benzene rings is 2. The van der Waals surface area contributed by atoms with Crippen LogP contribution in [0, 0.1) is 0 Å². The maximum atomic E-state index is 11.4. The molecule has 2 aromatic rings. The molecule has 1 heterocycles. The number of nitrogens with one attached hydrogen (secondary N) is 4. The minimum absolute atomic E-state index is 0.0254. The predicted molar refractivity (Wildman–Crippen MR) is 107 cm³/mol. The molecule has 0 radical (unpaired) electrons. The molecule has 1 fully saturated rings. The van der Waals surface area contributed by atoms with Crippen LogP contribution >= 0.6 is 0 Å². The number of nitrogens with zero attached hydrogens (tertiary/aromatic N) is 1. The van der Waals surface area contributed by atoms with Crippen LogP contribution in [0.3, 0.4) is 0 Å². The van der Waals surface area contributed by atoms with Crippen LogP contribution in [0.4, 0.5) is 4.79 Å². The Morgan fingerprint density at radius 2 is 1.96 bits per heavy atom. The summed E-state index contributed by atoms with van der Waals surface area (Å²) in [7, 11) is 0. The van der Waals surface area contributed by atoms with E-state index in [0.717, 1.165) is 11.1 Å². The normalized spacial score (nSPS) is 19.0. The highest BCUT2D eigenvalue weighted by Gasteiger charge is 2.23. The number of rotatable bonds is 8. The van der Waals surface area contributed by atoms with Gasteiger partial charge in [-0.15, -0.1) is 0 Å². The second kappa shape index (κ2) is 9.61. The summed E-state index contributed by atoms with van der Waals surface area (Å²) >= 11 is 0. The van der Waals surface area contributed by atoms with Crippen molar-refractivity contribution >= 4 is 12.2 Å². The number of hydrazone groups is 1. The zero-order valence-electron chi connectivity index (χ0n) is 15.9. The summed E-state index contributed by atoms with van der Waals surface area (Å²) in [4.78, 5) is 11.4. The van der Waals surface area contributed by atoms with Crippen LogP contribution in [0.15, 0.2) is 53.6 Å². The zero-order chi connectivity index (χ0) is 19.8. The van der Waals surface area contributed by atoms with Gasteiger partial charge >= 0.3 is 6.03 Å². The third-order valence-electron chi connectivity index (χ3n) is 4.13. The smallest absolute Gasteiger partial charge is 0.330 e. The molecule has 0 bridgehead atoms. The van der Waals surface area contributed by atoms with Crippen molar-refractivity contribution < 1.29 is 14.3 Å². The van der Waals surface area contributed by atoms with E-state index in [1.807, 2.05) is 62.4 Å². The van der Waals surface area contributed by atoms with Crippen molar-refractivity contribution in [2.24, 2.45) is 5.10 Å². The highest BCUT2D eigenvalue weighted by molar-refractivity contribution is 5.80. The fraction of sp³-hybridized carbons (Fsp3) is 0.300. The van der Waals surface area contributed by atoms with Gasteiger partial charge in [0.05, 0.1) is 18.9 Å². The van der Waals surface area contributed by atoms with E-state index in [9.17, 15) is 4.79 Å². The maximum absolute atomic E-state index is 11.4. The molecule has 28 heavy (non-hydrogen) atoms. The van der Waals surface area contributed by atoms with Gasteiger partial charge in [-0.1, -0.05) is 30.3 Å². The van der Waals surface area contributed by atoms with E-state index in [1.54, 1.807) is 6.21 Å². The van der Waals surface area contributed by atoms with Gasteiger partial charge in [0.2, 0.25) is 0 Å². The molecular formula is C20H25N5O3. The molecule has 2 aromatic carbocycles. The SMILES string of the molecule is CCOc1cc(/C=N/NC2NC(=O)NNC2C)ccc1OCc1ccccc1. The van der Waals surface area contributed by atoms with Crippen molar-refractivity contribution in [1.82, 2.24) is 21.6 Å². The lowest BCUT2D eigenvalue weighted by atomic mass is 10.2. The third-order valence-corrected chi connectivity index (χ3v) is 4.13. The van der Waals surface area contributed by atoms with Crippen molar-refractivity contribution in [3.8, 4) is 11.5 Å². The Morgan fingerprint density at radius 3 is 2.75 bits per heavy atom. The number of urea groups is 1. The van der Waals surface area contributed by atoms with Gasteiger partial charge in [-0.2, -0.15) is 5.10 Å². The molecule has 2 atom stereocenters. The lowest BCUT2D eigenvalue weighted by molar-refractivity contribution is 0.202. The molecule has 4 N–H and O–H groups in total. The summed E-state index contributed by atoms with van der Waals surface area (Å²) in [5.41, 5.74) is 10.2. The van der Waals surface area contributed by atoms with E-state index in [1.165, 1.54) is 0 Å². The minimum Gasteiger partial charge on any atom is -0.490 e. The second-order valence-corrected chi connectivity index (χ2v) is 6.31. The first-order valence-electron chi connectivity index (χ1n) is 9.20. The Hall–Kier alpha value is -3.26. The van der Waals surface area contributed by atoms with Crippen molar-refractivity contribution in [3.63, 3.8) is 0 Å².